The minimum absolute atomic E-state index is 0.225. The smallest absolute Gasteiger partial charge is 0.266 e. The van der Waals surface area contributed by atoms with Crippen molar-refractivity contribution in [3.63, 3.8) is 0 Å². The molecule has 0 aliphatic rings. The summed E-state index contributed by atoms with van der Waals surface area (Å²) in [5.41, 5.74) is 0.549. The van der Waals surface area contributed by atoms with E-state index in [1.807, 2.05) is 25.1 Å². The first-order chi connectivity index (χ1) is 14.0. The van der Waals surface area contributed by atoms with Gasteiger partial charge in [0.05, 0.1) is 28.7 Å². The second-order valence-electron chi connectivity index (χ2n) is 6.76. The van der Waals surface area contributed by atoms with Gasteiger partial charge < -0.3 is 18.9 Å². The molecule has 0 atom stereocenters. The fraction of sp³-hybridized carbons (Fsp3) is 0.273. The second kappa shape index (κ2) is 9.43. The normalized spacial score (nSPS) is 12.6. The molecule has 3 aromatic rings. The number of nitrogens with one attached hydrogen (secondary N) is 1. The lowest BCUT2D eigenvalue weighted by Crippen LogP contribution is -2.20. The standard InChI is InChI=1S/C22H23NO5S/c1-4-26-19-10-15(7-8-18(19)28-13-14(2)3)11-20-22(25)23-21(29-20)12-16(24)17-6-5-9-27-17/h5-12,14H,4,13H2,1-3H3,(H,23,25)/b20-11-,21-12-. The zero-order valence-corrected chi connectivity index (χ0v) is 17.4. The zero-order valence-electron chi connectivity index (χ0n) is 16.6. The molecular weight excluding hydrogens is 390 g/mol. The zero-order chi connectivity index (χ0) is 20.8. The van der Waals surface area contributed by atoms with Gasteiger partial charge in [0.2, 0.25) is 5.78 Å². The predicted molar refractivity (Wildman–Crippen MR) is 113 cm³/mol. The molecule has 0 amide bonds. The Labute approximate surface area is 172 Å². The van der Waals surface area contributed by atoms with Crippen LogP contribution in [0.25, 0.3) is 12.2 Å². The fourth-order valence-corrected chi connectivity index (χ4v) is 3.43. The van der Waals surface area contributed by atoms with E-state index >= 15 is 0 Å². The third-order valence-electron chi connectivity index (χ3n) is 3.84. The van der Waals surface area contributed by atoms with Crippen LogP contribution in [0.2, 0.25) is 0 Å². The maximum absolute atomic E-state index is 12.3. The number of rotatable bonds is 8. The topological polar surface area (TPSA) is 81.5 Å². The number of carbonyl (C=O) groups excluding carboxylic acids is 1. The second-order valence-corrected chi connectivity index (χ2v) is 7.84. The van der Waals surface area contributed by atoms with Crippen LogP contribution in [0.15, 0.2) is 45.8 Å². The summed E-state index contributed by atoms with van der Waals surface area (Å²) in [5.74, 6) is 1.64. The number of aromatic nitrogens is 1. The Morgan fingerprint density at radius 2 is 2.07 bits per heavy atom. The molecule has 0 unspecified atom stereocenters. The highest BCUT2D eigenvalue weighted by Crippen LogP contribution is 2.29. The van der Waals surface area contributed by atoms with E-state index < -0.39 is 0 Å². The van der Waals surface area contributed by atoms with Crippen LogP contribution in [0.1, 0.15) is 36.9 Å². The lowest BCUT2D eigenvalue weighted by Gasteiger charge is -2.13. The van der Waals surface area contributed by atoms with Crippen LogP contribution in [0, 0.1) is 5.92 Å². The number of ketones is 1. The first kappa shape index (κ1) is 20.7. The quantitative estimate of drug-likeness (QED) is 0.574. The molecule has 152 valence electrons. The van der Waals surface area contributed by atoms with Crippen LogP contribution < -0.4 is 24.2 Å². The number of hydrogen-bond donors (Lipinski definition) is 1. The van der Waals surface area contributed by atoms with Crippen molar-refractivity contribution in [3.05, 3.63) is 67.5 Å². The average molecular weight is 413 g/mol. The van der Waals surface area contributed by atoms with E-state index in [2.05, 4.69) is 18.8 Å². The highest BCUT2D eigenvalue weighted by atomic mass is 32.1. The van der Waals surface area contributed by atoms with Crippen LogP contribution in [0.5, 0.6) is 11.5 Å². The Morgan fingerprint density at radius 1 is 1.24 bits per heavy atom. The Kier molecular flexibility index (Phi) is 6.72. The van der Waals surface area contributed by atoms with Crippen LogP contribution in [0.3, 0.4) is 0 Å². The molecule has 0 aliphatic heterocycles. The van der Waals surface area contributed by atoms with Crippen molar-refractivity contribution in [2.45, 2.75) is 20.8 Å². The van der Waals surface area contributed by atoms with Gasteiger partial charge in [-0.25, -0.2) is 0 Å². The number of aromatic amines is 1. The van der Waals surface area contributed by atoms with E-state index in [9.17, 15) is 9.59 Å². The molecule has 0 aliphatic carbocycles. The van der Waals surface area contributed by atoms with E-state index in [0.717, 1.165) is 5.56 Å². The van der Waals surface area contributed by atoms with E-state index in [4.69, 9.17) is 13.9 Å². The van der Waals surface area contributed by atoms with Crippen molar-refractivity contribution in [3.8, 4) is 11.5 Å². The Bertz CT molecular complexity index is 1140. The predicted octanol–water partition coefficient (Wildman–Crippen LogP) is 2.96. The maximum Gasteiger partial charge on any atom is 0.266 e. The van der Waals surface area contributed by atoms with Crippen molar-refractivity contribution >= 4 is 29.3 Å². The number of furan rings is 1. The fourth-order valence-electron chi connectivity index (χ4n) is 2.54. The van der Waals surface area contributed by atoms with Crippen LogP contribution >= 0.6 is 11.3 Å². The van der Waals surface area contributed by atoms with Gasteiger partial charge in [0.25, 0.3) is 5.56 Å². The van der Waals surface area contributed by atoms with Gasteiger partial charge in [0.15, 0.2) is 17.3 Å². The number of benzene rings is 1. The highest BCUT2D eigenvalue weighted by Gasteiger charge is 2.08. The molecule has 3 rings (SSSR count). The SMILES string of the molecule is CCOc1cc(/C=c2\s/c(=C\C(=O)c3ccco3)[nH]c2=O)ccc1OCC(C)C. The molecule has 0 fully saturated rings. The summed E-state index contributed by atoms with van der Waals surface area (Å²) >= 11 is 1.20. The maximum atomic E-state index is 12.3. The molecule has 2 heterocycles. The molecule has 1 aromatic carbocycles. The summed E-state index contributed by atoms with van der Waals surface area (Å²) in [7, 11) is 0. The summed E-state index contributed by atoms with van der Waals surface area (Å²) in [4.78, 5) is 27.1. The molecule has 0 saturated carbocycles. The number of H-pyrrole nitrogens is 1. The van der Waals surface area contributed by atoms with Gasteiger partial charge in [-0.15, -0.1) is 11.3 Å². The Morgan fingerprint density at radius 3 is 2.76 bits per heavy atom. The minimum atomic E-state index is -0.302. The average Bonchev–Trinajstić information content (AvgIpc) is 3.32. The largest absolute Gasteiger partial charge is 0.490 e. The van der Waals surface area contributed by atoms with E-state index in [-0.39, 0.29) is 17.1 Å². The van der Waals surface area contributed by atoms with E-state index in [1.54, 1.807) is 18.2 Å². The molecule has 0 saturated heterocycles. The number of ether oxygens (including phenoxy) is 2. The summed E-state index contributed by atoms with van der Waals surface area (Å²) in [6.07, 6.45) is 4.55. The summed E-state index contributed by atoms with van der Waals surface area (Å²) in [5, 5.41) is 0. The molecule has 0 bridgehead atoms. The molecular formula is C22H23NO5S. The third kappa shape index (κ3) is 5.48. The monoisotopic (exact) mass is 413 g/mol. The first-order valence-corrected chi connectivity index (χ1v) is 10.2. The van der Waals surface area contributed by atoms with Crippen molar-refractivity contribution in [2.75, 3.05) is 13.2 Å². The Hall–Kier alpha value is -3.06. The summed E-state index contributed by atoms with van der Waals surface area (Å²) < 4.78 is 17.5. The number of thiazole rings is 1. The first-order valence-electron chi connectivity index (χ1n) is 9.36. The number of hydrogen-bond acceptors (Lipinski definition) is 6. The van der Waals surface area contributed by atoms with Crippen molar-refractivity contribution in [1.82, 2.24) is 4.98 Å². The van der Waals surface area contributed by atoms with E-state index in [0.29, 0.717) is 39.8 Å². The lowest BCUT2D eigenvalue weighted by molar-refractivity contribution is 0.103. The molecule has 1 N–H and O–H groups in total. The van der Waals surface area contributed by atoms with Gasteiger partial charge in [-0.3, -0.25) is 9.59 Å². The van der Waals surface area contributed by atoms with Crippen LogP contribution in [0.4, 0.5) is 0 Å². The van der Waals surface area contributed by atoms with Gasteiger partial charge >= 0.3 is 0 Å². The summed E-state index contributed by atoms with van der Waals surface area (Å²) in [6, 6.07) is 8.77. The molecule has 0 radical (unpaired) electrons. The minimum Gasteiger partial charge on any atom is -0.490 e. The molecule has 2 aromatic heterocycles. The Balaban J connectivity index is 1.91. The van der Waals surface area contributed by atoms with Gasteiger partial charge in [-0.1, -0.05) is 19.9 Å². The highest BCUT2D eigenvalue weighted by molar-refractivity contribution is 7.07. The molecule has 0 spiro atoms. The summed E-state index contributed by atoms with van der Waals surface area (Å²) in [6.45, 7) is 7.17. The van der Waals surface area contributed by atoms with Crippen molar-refractivity contribution in [2.24, 2.45) is 5.92 Å². The van der Waals surface area contributed by atoms with Gasteiger partial charge in [-0.05, 0) is 48.7 Å². The van der Waals surface area contributed by atoms with Gasteiger partial charge in [0.1, 0.15) is 0 Å². The number of carbonyl (C=O) groups is 1. The van der Waals surface area contributed by atoms with Crippen LogP contribution in [-0.2, 0) is 0 Å². The van der Waals surface area contributed by atoms with Crippen LogP contribution in [-0.4, -0.2) is 24.0 Å². The van der Waals surface area contributed by atoms with Crippen molar-refractivity contribution < 1.29 is 18.7 Å². The third-order valence-corrected chi connectivity index (χ3v) is 4.81. The molecule has 7 heteroatoms. The van der Waals surface area contributed by atoms with Crippen molar-refractivity contribution in [1.29, 1.82) is 0 Å². The van der Waals surface area contributed by atoms with E-state index in [1.165, 1.54) is 23.7 Å². The molecule has 29 heavy (non-hydrogen) atoms. The lowest BCUT2D eigenvalue weighted by atomic mass is 10.2. The molecule has 6 nitrogen and oxygen atoms in total. The number of Topliss-reactive ketones (excluding diaryl/α,β-unsaturated/α-hetero) is 1. The van der Waals surface area contributed by atoms with Gasteiger partial charge in [0, 0.05) is 6.08 Å². The van der Waals surface area contributed by atoms with Gasteiger partial charge in [-0.2, -0.15) is 0 Å².